The summed E-state index contributed by atoms with van der Waals surface area (Å²) < 4.78 is 13.7. The van der Waals surface area contributed by atoms with E-state index in [2.05, 4.69) is 18.0 Å². The van der Waals surface area contributed by atoms with Gasteiger partial charge in [-0.15, -0.1) is 12.4 Å². The van der Waals surface area contributed by atoms with E-state index in [1.165, 1.54) is 38.5 Å². The molecular formula is C15H25ClFNSi. The molecule has 1 saturated heterocycles. The maximum atomic E-state index is 13.7. The summed E-state index contributed by atoms with van der Waals surface area (Å²) in [5, 5.41) is 0. The van der Waals surface area contributed by atoms with Crippen LogP contribution in [0.25, 0.3) is 0 Å². The minimum Gasteiger partial charge on any atom is -0.306 e. The minimum absolute atomic E-state index is 0. The molecule has 1 nitrogen and oxygen atoms in total. The maximum Gasteiger partial charge on any atom is 0.126 e. The van der Waals surface area contributed by atoms with E-state index < -0.39 is 8.07 Å². The number of hydrogen-bond donors (Lipinski definition) is 0. The standard InChI is InChI=1S/C15H24FNSi.ClH/c1-18(2,13-17-10-6-3-7-11-17)12-14-8-4-5-9-15(14)16;/h4-5,8-9H,3,6-7,10-13H2,1-2H3;1H. The smallest absolute Gasteiger partial charge is 0.126 e. The summed E-state index contributed by atoms with van der Waals surface area (Å²) in [7, 11) is -1.38. The second-order valence-corrected chi connectivity index (χ2v) is 11.3. The molecule has 1 aliphatic heterocycles. The van der Waals surface area contributed by atoms with Gasteiger partial charge >= 0.3 is 0 Å². The summed E-state index contributed by atoms with van der Waals surface area (Å²) in [6, 6.07) is 8.21. The van der Waals surface area contributed by atoms with Gasteiger partial charge in [-0.2, -0.15) is 0 Å². The molecule has 1 heterocycles. The molecule has 1 fully saturated rings. The van der Waals surface area contributed by atoms with Gasteiger partial charge in [-0.3, -0.25) is 0 Å². The van der Waals surface area contributed by atoms with Gasteiger partial charge in [0.2, 0.25) is 0 Å². The second kappa shape index (κ2) is 7.41. The summed E-state index contributed by atoms with van der Waals surface area (Å²) in [4.78, 5) is 2.59. The molecule has 1 aromatic carbocycles. The van der Waals surface area contributed by atoms with Gasteiger partial charge in [0.05, 0.1) is 8.07 Å². The molecule has 4 heteroatoms. The highest BCUT2D eigenvalue weighted by atomic mass is 35.5. The van der Waals surface area contributed by atoms with E-state index in [9.17, 15) is 4.39 Å². The second-order valence-electron chi connectivity index (χ2n) is 6.27. The molecular weight excluding hydrogens is 277 g/mol. The average Bonchev–Trinajstić information content (AvgIpc) is 2.32. The summed E-state index contributed by atoms with van der Waals surface area (Å²) in [6.07, 6.45) is 5.27. The number of halogens is 2. The van der Waals surface area contributed by atoms with Crippen LogP contribution in [0, 0.1) is 5.82 Å². The van der Waals surface area contributed by atoms with Crippen LogP contribution in [0.15, 0.2) is 24.3 Å². The van der Waals surface area contributed by atoms with Crippen molar-refractivity contribution in [2.75, 3.05) is 19.3 Å². The van der Waals surface area contributed by atoms with Crippen molar-refractivity contribution in [2.45, 2.75) is 38.4 Å². The summed E-state index contributed by atoms with van der Waals surface area (Å²) in [6.45, 7) is 7.25. The van der Waals surface area contributed by atoms with Crippen molar-refractivity contribution >= 4 is 20.5 Å². The van der Waals surface area contributed by atoms with Gasteiger partial charge in [-0.05, 0) is 49.8 Å². The van der Waals surface area contributed by atoms with Crippen molar-refractivity contribution in [3.63, 3.8) is 0 Å². The maximum absolute atomic E-state index is 13.7. The number of hydrogen-bond acceptors (Lipinski definition) is 1. The number of benzene rings is 1. The van der Waals surface area contributed by atoms with Crippen LogP contribution in [0.3, 0.4) is 0 Å². The Hall–Kier alpha value is -0.383. The molecule has 0 aliphatic carbocycles. The highest BCUT2D eigenvalue weighted by Gasteiger charge is 2.26. The predicted octanol–water partition coefficient (Wildman–Crippen LogP) is 4.06. The van der Waals surface area contributed by atoms with E-state index >= 15 is 0 Å². The summed E-state index contributed by atoms with van der Waals surface area (Å²) >= 11 is 0. The molecule has 0 spiro atoms. The molecule has 2 rings (SSSR count). The summed E-state index contributed by atoms with van der Waals surface area (Å²) in [5.74, 6) is -0.0308. The molecule has 1 aromatic rings. The van der Waals surface area contributed by atoms with E-state index in [1.54, 1.807) is 12.1 Å². The first-order valence-electron chi connectivity index (χ1n) is 7.03. The van der Waals surface area contributed by atoms with Gasteiger partial charge in [0, 0.05) is 0 Å². The minimum atomic E-state index is -1.38. The number of rotatable bonds is 4. The topological polar surface area (TPSA) is 3.24 Å². The van der Waals surface area contributed by atoms with Gasteiger partial charge in [-0.25, -0.2) is 4.39 Å². The quantitative estimate of drug-likeness (QED) is 0.758. The Morgan fingerprint density at radius 2 is 1.74 bits per heavy atom. The van der Waals surface area contributed by atoms with Crippen LogP contribution in [0.1, 0.15) is 24.8 Å². The first kappa shape index (κ1) is 16.7. The van der Waals surface area contributed by atoms with Crippen molar-refractivity contribution in [2.24, 2.45) is 0 Å². The molecule has 0 amide bonds. The van der Waals surface area contributed by atoms with Crippen molar-refractivity contribution in [1.29, 1.82) is 0 Å². The SMILES string of the molecule is C[Si](C)(Cc1ccccc1F)CN1CCCCC1.Cl. The molecule has 19 heavy (non-hydrogen) atoms. The van der Waals surface area contributed by atoms with Crippen molar-refractivity contribution in [3.8, 4) is 0 Å². The van der Waals surface area contributed by atoms with Gasteiger partial charge < -0.3 is 4.90 Å². The molecule has 0 radical (unpaired) electrons. The van der Waals surface area contributed by atoms with Gasteiger partial charge in [-0.1, -0.05) is 37.7 Å². The highest BCUT2D eigenvalue weighted by molar-refractivity contribution is 6.77. The third-order valence-corrected chi connectivity index (χ3v) is 6.37. The van der Waals surface area contributed by atoms with Crippen molar-refractivity contribution in [3.05, 3.63) is 35.6 Å². The highest BCUT2D eigenvalue weighted by Crippen LogP contribution is 2.18. The van der Waals surface area contributed by atoms with Crippen LogP contribution >= 0.6 is 12.4 Å². The van der Waals surface area contributed by atoms with Gasteiger partial charge in [0.25, 0.3) is 0 Å². The molecule has 0 bridgehead atoms. The first-order chi connectivity index (χ1) is 8.57. The molecule has 0 N–H and O–H groups in total. The fourth-order valence-corrected chi connectivity index (χ4v) is 5.89. The van der Waals surface area contributed by atoms with Gasteiger partial charge in [0.1, 0.15) is 5.82 Å². The van der Waals surface area contributed by atoms with Crippen molar-refractivity contribution in [1.82, 2.24) is 4.90 Å². The largest absolute Gasteiger partial charge is 0.306 e. The first-order valence-corrected chi connectivity index (χ1v) is 10.4. The zero-order chi connectivity index (χ0) is 13.0. The molecule has 108 valence electrons. The van der Waals surface area contributed by atoms with Crippen LogP contribution in [-0.2, 0) is 6.04 Å². The molecule has 0 saturated carbocycles. The fraction of sp³-hybridized carbons (Fsp3) is 0.600. The lowest BCUT2D eigenvalue weighted by atomic mass is 10.1. The Bertz CT molecular complexity index is 391. The van der Waals surface area contributed by atoms with Crippen LogP contribution < -0.4 is 0 Å². The van der Waals surface area contributed by atoms with Crippen LogP contribution in [0.2, 0.25) is 13.1 Å². The average molecular weight is 302 g/mol. The van der Waals surface area contributed by atoms with Crippen molar-refractivity contribution < 1.29 is 4.39 Å². The Morgan fingerprint density at radius 3 is 2.37 bits per heavy atom. The monoisotopic (exact) mass is 301 g/mol. The Kier molecular flexibility index (Phi) is 6.50. The third-order valence-electron chi connectivity index (χ3n) is 3.73. The van der Waals surface area contributed by atoms with Gasteiger partial charge in [0.15, 0.2) is 0 Å². The van der Waals surface area contributed by atoms with Crippen LogP contribution in [0.5, 0.6) is 0 Å². The number of piperidine rings is 1. The lowest BCUT2D eigenvalue weighted by Gasteiger charge is -2.34. The van der Waals surface area contributed by atoms with E-state index in [0.717, 1.165) is 11.6 Å². The molecule has 1 aliphatic rings. The lowest BCUT2D eigenvalue weighted by molar-refractivity contribution is 0.258. The summed E-state index contributed by atoms with van der Waals surface area (Å²) in [5.41, 5.74) is 0.908. The fourth-order valence-electron chi connectivity index (χ4n) is 2.94. The Labute approximate surface area is 123 Å². The molecule has 0 unspecified atom stereocenters. The van der Waals surface area contributed by atoms with Crippen LogP contribution in [0.4, 0.5) is 4.39 Å². The third kappa shape index (κ3) is 5.25. The predicted molar refractivity (Wildman–Crippen MR) is 85.1 cm³/mol. The Balaban J connectivity index is 0.00000180. The zero-order valence-electron chi connectivity index (χ0n) is 12.0. The molecule has 0 aromatic heterocycles. The number of likely N-dealkylation sites (tertiary alicyclic amines) is 1. The van der Waals surface area contributed by atoms with E-state index in [1.807, 2.05) is 12.1 Å². The normalized spacial score (nSPS) is 17.0. The van der Waals surface area contributed by atoms with E-state index in [4.69, 9.17) is 0 Å². The molecule has 0 atom stereocenters. The van der Waals surface area contributed by atoms with E-state index in [-0.39, 0.29) is 18.2 Å². The van der Waals surface area contributed by atoms with E-state index in [0.29, 0.717) is 0 Å². The number of nitrogens with zero attached hydrogens (tertiary/aromatic N) is 1. The zero-order valence-corrected chi connectivity index (χ0v) is 13.8. The van der Waals surface area contributed by atoms with Crippen LogP contribution in [-0.4, -0.2) is 32.2 Å². The lowest BCUT2D eigenvalue weighted by Crippen LogP contribution is -2.46. The Morgan fingerprint density at radius 1 is 1.11 bits per heavy atom.